The largest absolute Gasteiger partial charge is 0.497 e. The number of aliphatic hydroxyl groups excluding tert-OH is 1. The molecule has 1 unspecified atom stereocenters. The van der Waals surface area contributed by atoms with Crippen molar-refractivity contribution in [1.29, 1.82) is 0 Å². The molecular weight excluding hydrogens is 452 g/mol. The summed E-state index contributed by atoms with van der Waals surface area (Å²) >= 11 is 1.48. The van der Waals surface area contributed by atoms with Crippen LogP contribution in [0.1, 0.15) is 17.4 Å². The molecule has 6 nitrogen and oxygen atoms in total. The lowest BCUT2D eigenvalue weighted by atomic mass is 9.98. The molecule has 0 saturated carbocycles. The summed E-state index contributed by atoms with van der Waals surface area (Å²) in [6.07, 6.45) is -2.88. The fourth-order valence-corrected chi connectivity index (χ4v) is 5.26. The molecule has 3 aromatic rings. The number of aliphatic hydroxyl groups is 1. The van der Waals surface area contributed by atoms with Crippen molar-refractivity contribution in [1.82, 2.24) is 0 Å². The molecule has 2 heterocycles. The van der Waals surface area contributed by atoms with Gasteiger partial charge in [0.05, 0.1) is 20.3 Å². The number of hydrogen-bond acceptors (Lipinski definition) is 7. The molecular formula is C27H28O6S. The highest BCUT2D eigenvalue weighted by Gasteiger charge is 2.50. The molecule has 0 aliphatic carbocycles. The lowest BCUT2D eigenvalue weighted by Gasteiger charge is -2.47. The lowest BCUT2D eigenvalue weighted by Crippen LogP contribution is -2.61. The van der Waals surface area contributed by atoms with Gasteiger partial charge in [-0.15, -0.1) is 0 Å². The highest BCUT2D eigenvalue weighted by atomic mass is 32.2. The van der Waals surface area contributed by atoms with Crippen LogP contribution in [0.15, 0.2) is 89.8 Å². The first-order valence-corrected chi connectivity index (χ1v) is 12.2. The van der Waals surface area contributed by atoms with Crippen LogP contribution in [0.25, 0.3) is 0 Å². The van der Waals surface area contributed by atoms with Gasteiger partial charge < -0.3 is 28.8 Å². The van der Waals surface area contributed by atoms with Crippen molar-refractivity contribution in [2.75, 3.05) is 13.7 Å². The molecule has 2 fully saturated rings. The van der Waals surface area contributed by atoms with Crippen LogP contribution < -0.4 is 4.74 Å². The van der Waals surface area contributed by atoms with Gasteiger partial charge >= 0.3 is 0 Å². The van der Waals surface area contributed by atoms with E-state index >= 15 is 0 Å². The zero-order valence-corrected chi connectivity index (χ0v) is 19.7. The van der Waals surface area contributed by atoms with Gasteiger partial charge in [-0.25, -0.2) is 0 Å². The summed E-state index contributed by atoms with van der Waals surface area (Å²) in [5.41, 5.74) is 1.40. The number of ether oxygens (including phenoxy) is 5. The van der Waals surface area contributed by atoms with Crippen LogP contribution in [0, 0.1) is 0 Å². The number of hydrogen-bond donors (Lipinski definition) is 1. The lowest BCUT2D eigenvalue weighted by molar-refractivity contribution is -0.325. The number of methoxy groups -OCH3 is 1. The predicted molar refractivity (Wildman–Crippen MR) is 129 cm³/mol. The average Bonchev–Trinajstić information content (AvgIpc) is 2.90. The zero-order chi connectivity index (χ0) is 23.3. The molecule has 2 saturated heterocycles. The van der Waals surface area contributed by atoms with E-state index in [0.29, 0.717) is 13.2 Å². The van der Waals surface area contributed by atoms with Crippen molar-refractivity contribution in [3.63, 3.8) is 0 Å². The van der Waals surface area contributed by atoms with E-state index in [-0.39, 0.29) is 6.10 Å². The zero-order valence-electron chi connectivity index (χ0n) is 18.9. The second-order valence-electron chi connectivity index (χ2n) is 8.26. The minimum Gasteiger partial charge on any atom is -0.497 e. The molecule has 7 heteroatoms. The standard InChI is InChI=1S/C27H28O6S/c1-29-20-14-12-19(13-15-20)26-31-17-22-24(33-26)25(30-16-18-8-4-2-5-9-18)23(28)27(32-22)34-21-10-6-3-7-11-21/h2-15,22-28H,16-17H2,1H3/t22-,23-,24-,25-,26?,27+/m1/s1. The Morgan fingerprint density at radius 3 is 2.32 bits per heavy atom. The molecule has 0 amide bonds. The average molecular weight is 481 g/mol. The van der Waals surface area contributed by atoms with Crippen molar-refractivity contribution < 1.29 is 28.8 Å². The Hall–Kier alpha value is -2.39. The normalized spacial score (nSPS) is 28.8. The molecule has 0 bridgehead atoms. The van der Waals surface area contributed by atoms with Crippen LogP contribution in [-0.4, -0.2) is 48.7 Å². The van der Waals surface area contributed by atoms with Crippen LogP contribution in [0.2, 0.25) is 0 Å². The Labute approximate surface area is 203 Å². The summed E-state index contributed by atoms with van der Waals surface area (Å²) in [6.45, 7) is 0.705. The summed E-state index contributed by atoms with van der Waals surface area (Å²) in [6, 6.07) is 27.4. The summed E-state index contributed by atoms with van der Waals surface area (Å²) in [4.78, 5) is 1.01. The second kappa shape index (κ2) is 10.9. The maximum atomic E-state index is 11.3. The molecule has 0 aromatic heterocycles. The van der Waals surface area contributed by atoms with Crippen LogP contribution in [0.3, 0.4) is 0 Å². The van der Waals surface area contributed by atoms with E-state index in [0.717, 1.165) is 21.8 Å². The number of benzene rings is 3. The predicted octanol–water partition coefficient (Wildman–Crippen LogP) is 4.57. The van der Waals surface area contributed by atoms with Crippen LogP contribution in [0.4, 0.5) is 0 Å². The van der Waals surface area contributed by atoms with Gasteiger partial charge in [0.2, 0.25) is 0 Å². The number of thioether (sulfide) groups is 1. The minimum atomic E-state index is -0.884. The Morgan fingerprint density at radius 2 is 1.62 bits per heavy atom. The van der Waals surface area contributed by atoms with Crippen LogP contribution >= 0.6 is 11.8 Å². The van der Waals surface area contributed by atoms with Crippen molar-refractivity contribution in [3.05, 3.63) is 96.1 Å². The highest BCUT2D eigenvalue weighted by molar-refractivity contribution is 7.99. The van der Waals surface area contributed by atoms with Gasteiger partial charge in [0.1, 0.15) is 35.6 Å². The van der Waals surface area contributed by atoms with E-state index in [1.165, 1.54) is 11.8 Å². The first-order chi connectivity index (χ1) is 16.7. The van der Waals surface area contributed by atoms with Crippen LogP contribution in [0.5, 0.6) is 5.75 Å². The van der Waals surface area contributed by atoms with E-state index in [4.69, 9.17) is 23.7 Å². The molecule has 178 valence electrons. The summed E-state index contributed by atoms with van der Waals surface area (Å²) < 4.78 is 30.2. The fourth-order valence-electron chi connectivity index (χ4n) is 4.18. The molecule has 34 heavy (non-hydrogen) atoms. The van der Waals surface area contributed by atoms with Crippen LogP contribution in [-0.2, 0) is 25.6 Å². The first-order valence-electron chi connectivity index (χ1n) is 11.3. The van der Waals surface area contributed by atoms with Gasteiger partial charge in [0.25, 0.3) is 0 Å². The Morgan fingerprint density at radius 1 is 0.912 bits per heavy atom. The molecule has 3 aromatic carbocycles. The maximum absolute atomic E-state index is 11.3. The van der Waals surface area contributed by atoms with Gasteiger partial charge in [-0.1, -0.05) is 72.4 Å². The summed E-state index contributed by atoms with van der Waals surface area (Å²) in [5.74, 6) is 0.763. The smallest absolute Gasteiger partial charge is 0.184 e. The topological polar surface area (TPSA) is 66.4 Å². The minimum absolute atomic E-state index is 0.338. The van der Waals surface area contributed by atoms with Gasteiger partial charge in [-0.3, -0.25) is 0 Å². The Balaban J connectivity index is 1.35. The van der Waals surface area contributed by atoms with Gasteiger partial charge in [-0.2, -0.15) is 0 Å². The highest BCUT2D eigenvalue weighted by Crippen LogP contribution is 2.40. The molecule has 2 aliphatic heterocycles. The molecule has 6 atom stereocenters. The molecule has 0 spiro atoms. The summed E-state index contributed by atoms with van der Waals surface area (Å²) in [5, 5.41) is 11.3. The van der Waals surface area contributed by atoms with Gasteiger partial charge in [0.15, 0.2) is 6.29 Å². The third-order valence-corrected chi connectivity index (χ3v) is 7.14. The van der Waals surface area contributed by atoms with Crippen molar-refractivity contribution in [3.8, 4) is 5.75 Å². The Bertz CT molecular complexity index is 1030. The van der Waals surface area contributed by atoms with Crippen molar-refractivity contribution in [2.45, 2.75) is 47.6 Å². The van der Waals surface area contributed by atoms with Gasteiger partial charge in [0, 0.05) is 10.5 Å². The molecule has 2 aliphatic rings. The first kappa shape index (κ1) is 23.4. The molecule has 1 N–H and O–H groups in total. The van der Waals surface area contributed by atoms with E-state index < -0.39 is 30.0 Å². The third-order valence-electron chi connectivity index (χ3n) is 5.98. The summed E-state index contributed by atoms with van der Waals surface area (Å²) in [7, 11) is 1.63. The van der Waals surface area contributed by atoms with Crippen molar-refractivity contribution in [2.24, 2.45) is 0 Å². The second-order valence-corrected chi connectivity index (χ2v) is 9.44. The van der Waals surface area contributed by atoms with E-state index in [1.54, 1.807) is 7.11 Å². The quantitative estimate of drug-likeness (QED) is 0.531. The number of rotatable bonds is 7. The molecule has 0 radical (unpaired) electrons. The Kier molecular flexibility index (Phi) is 7.49. The number of fused-ring (bicyclic) bond motifs is 1. The van der Waals surface area contributed by atoms with E-state index in [2.05, 4.69) is 0 Å². The van der Waals surface area contributed by atoms with E-state index in [9.17, 15) is 5.11 Å². The SMILES string of the molecule is COc1ccc(C2OC[C@H]3O[C@@H](Sc4ccccc4)[C@H](O)[C@@H](OCc4ccccc4)[C@@H]3O2)cc1. The fraction of sp³-hybridized carbons (Fsp3) is 0.333. The third kappa shape index (κ3) is 5.30. The van der Waals surface area contributed by atoms with Crippen molar-refractivity contribution >= 4 is 11.8 Å². The van der Waals surface area contributed by atoms with E-state index in [1.807, 2.05) is 84.9 Å². The molecule has 5 rings (SSSR count). The maximum Gasteiger partial charge on any atom is 0.184 e. The van der Waals surface area contributed by atoms with Gasteiger partial charge in [-0.05, 0) is 29.8 Å². The monoisotopic (exact) mass is 480 g/mol.